The van der Waals surface area contributed by atoms with Crippen LogP contribution in [-0.2, 0) is 0 Å². The number of pyridine rings is 1. The van der Waals surface area contributed by atoms with Crippen molar-refractivity contribution < 1.29 is 0 Å². The van der Waals surface area contributed by atoms with Crippen molar-refractivity contribution >= 4 is 10.9 Å². The quantitative estimate of drug-likeness (QED) is 0.754. The minimum atomic E-state index is -0.201. The molecule has 1 atom stereocenters. The van der Waals surface area contributed by atoms with Gasteiger partial charge in [0.2, 0.25) is 0 Å². The Hall–Kier alpha value is -2.54. The van der Waals surface area contributed by atoms with Crippen molar-refractivity contribution in [3.63, 3.8) is 0 Å². The Morgan fingerprint density at radius 2 is 1.89 bits per heavy atom. The number of tetrazole rings is 1. The van der Waals surface area contributed by atoms with Crippen LogP contribution in [0, 0.1) is 6.92 Å². The van der Waals surface area contributed by atoms with E-state index in [9.17, 15) is 4.79 Å². The van der Waals surface area contributed by atoms with Crippen LogP contribution >= 0.6 is 0 Å². The van der Waals surface area contributed by atoms with Crippen molar-refractivity contribution in [2.24, 2.45) is 0 Å². The third-order valence-electron chi connectivity index (χ3n) is 6.26. The van der Waals surface area contributed by atoms with Crippen LogP contribution in [0.15, 0.2) is 29.1 Å². The van der Waals surface area contributed by atoms with E-state index in [1.54, 1.807) is 0 Å². The number of likely N-dealkylation sites (tertiary alicyclic amines) is 1. The molecule has 146 valence electrons. The number of aromatic nitrogens is 5. The molecule has 2 aliphatic rings. The second kappa shape index (κ2) is 7.13. The topological polar surface area (TPSA) is 79.7 Å². The van der Waals surface area contributed by atoms with Gasteiger partial charge in [-0.2, -0.15) is 0 Å². The van der Waals surface area contributed by atoms with Gasteiger partial charge in [0.25, 0.3) is 5.56 Å². The molecule has 0 amide bonds. The van der Waals surface area contributed by atoms with E-state index in [0.717, 1.165) is 66.6 Å². The van der Waals surface area contributed by atoms with Crippen LogP contribution in [0.2, 0.25) is 0 Å². The van der Waals surface area contributed by atoms with Crippen molar-refractivity contribution in [1.82, 2.24) is 30.1 Å². The smallest absolute Gasteiger partial charge is 0.253 e. The monoisotopic (exact) mass is 378 g/mol. The summed E-state index contributed by atoms with van der Waals surface area (Å²) in [5.74, 6) is 0.811. The summed E-state index contributed by atoms with van der Waals surface area (Å²) in [4.78, 5) is 18.6. The highest BCUT2D eigenvalue weighted by atomic mass is 16.1. The lowest BCUT2D eigenvalue weighted by Gasteiger charge is -2.27. The van der Waals surface area contributed by atoms with Gasteiger partial charge in [-0.25, -0.2) is 4.68 Å². The Morgan fingerprint density at radius 1 is 1.11 bits per heavy atom. The van der Waals surface area contributed by atoms with Gasteiger partial charge in [-0.1, -0.05) is 25.0 Å². The first-order valence-electron chi connectivity index (χ1n) is 10.4. The van der Waals surface area contributed by atoms with Crippen LogP contribution in [-0.4, -0.2) is 43.2 Å². The Bertz CT molecular complexity index is 1040. The molecule has 1 aliphatic heterocycles. The fourth-order valence-corrected chi connectivity index (χ4v) is 4.82. The molecule has 28 heavy (non-hydrogen) atoms. The normalized spacial score (nSPS) is 19.6. The van der Waals surface area contributed by atoms with E-state index in [1.807, 2.05) is 23.7 Å². The highest BCUT2D eigenvalue weighted by Crippen LogP contribution is 2.34. The van der Waals surface area contributed by atoms with Crippen LogP contribution in [0.4, 0.5) is 0 Å². The molecule has 1 saturated heterocycles. The third kappa shape index (κ3) is 3.03. The Balaban J connectivity index is 1.65. The van der Waals surface area contributed by atoms with Gasteiger partial charge in [0, 0.05) is 11.1 Å². The molecule has 1 aromatic carbocycles. The predicted octanol–water partition coefficient (Wildman–Crippen LogP) is 3.12. The molecular weight excluding hydrogens is 352 g/mol. The van der Waals surface area contributed by atoms with Gasteiger partial charge in [-0.05, 0) is 79.2 Å². The first-order chi connectivity index (χ1) is 13.7. The molecule has 2 fully saturated rings. The Kier molecular flexibility index (Phi) is 4.47. The number of benzene rings is 1. The summed E-state index contributed by atoms with van der Waals surface area (Å²) < 4.78 is 1.99. The van der Waals surface area contributed by atoms with E-state index in [1.165, 1.54) is 12.8 Å². The zero-order valence-electron chi connectivity index (χ0n) is 16.3. The summed E-state index contributed by atoms with van der Waals surface area (Å²) in [7, 11) is 0. The maximum atomic E-state index is 13.1. The molecule has 1 N–H and O–H groups in total. The molecule has 2 aromatic heterocycles. The Labute approximate surface area is 163 Å². The van der Waals surface area contributed by atoms with Gasteiger partial charge in [0.05, 0.1) is 6.04 Å². The van der Waals surface area contributed by atoms with Gasteiger partial charge in [0.15, 0.2) is 5.82 Å². The second-order valence-corrected chi connectivity index (χ2v) is 8.21. The summed E-state index contributed by atoms with van der Waals surface area (Å²) in [6.07, 6.45) is 6.94. The SMILES string of the molecule is Cc1ccc2cc([C@@H](c3nnnn3C3CCCC3)N3CCCC3)c(=O)[nH]c2c1. The average molecular weight is 378 g/mol. The number of nitrogens with zero attached hydrogens (tertiary/aromatic N) is 5. The van der Waals surface area contributed by atoms with Crippen LogP contribution in [0.1, 0.15) is 67.6 Å². The van der Waals surface area contributed by atoms with Gasteiger partial charge in [0.1, 0.15) is 6.04 Å². The van der Waals surface area contributed by atoms with Gasteiger partial charge in [-0.15, -0.1) is 5.10 Å². The highest BCUT2D eigenvalue weighted by Gasteiger charge is 2.34. The lowest BCUT2D eigenvalue weighted by molar-refractivity contribution is 0.256. The largest absolute Gasteiger partial charge is 0.322 e. The van der Waals surface area contributed by atoms with Gasteiger partial charge in [-0.3, -0.25) is 9.69 Å². The number of rotatable bonds is 4. The van der Waals surface area contributed by atoms with E-state index in [4.69, 9.17) is 0 Å². The Morgan fingerprint density at radius 3 is 2.68 bits per heavy atom. The van der Waals surface area contributed by atoms with E-state index in [0.29, 0.717) is 6.04 Å². The second-order valence-electron chi connectivity index (χ2n) is 8.21. The van der Waals surface area contributed by atoms with Crippen LogP contribution in [0.3, 0.4) is 0 Å². The molecule has 3 heterocycles. The highest BCUT2D eigenvalue weighted by molar-refractivity contribution is 5.79. The van der Waals surface area contributed by atoms with Crippen LogP contribution in [0.25, 0.3) is 10.9 Å². The summed E-state index contributed by atoms with van der Waals surface area (Å²) in [6, 6.07) is 8.35. The van der Waals surface area contributed by atoms with Gasteiger partial charge >= 0.3 is 0 Å². The summed E-state index contributed by atoms with van der Waals surface area (Å²) in [6.45, 7) is 3.97. The minimum Gasteiger partial charge on any atom is -0.322 e. The fourth-order valence-electron chi connectivity index (χ4n) is 4.82. The average Bonchev–Trinajstić information content (AvgIpc) is 3.45. The third-order valence-corrected chi connectivity index (χ3v) is 6.26. The standard InChI is InChI=1S/C21H26N6O/c1-14-8-9-15-13-17(21(28)22-18(15)12-14)19(26-10-4-5-11-26)20-23-24-25-27(20)16-6-2-3-7-16/h8-9,12-13,16,19H,2-7,10-11H2,1H3,(H,22,28)/t19-/m0/s1. The molecule has 1 aliphatic carbocycles. The van der Waals surface area contributed by atoms with E-state index >= 15 is 0 Å². The minimum absolute atomic E-state index is 0.0454. The van der Waals surface area contributed by atoms with E-state index in [-0.39, 0.29) is 11.6 Å². The number of aromatic amines is 1. The van der Waals surface area contributed by atoms with Crippen molar-refractivity contribution in [3.8, 4) is 0 Å². The predicted molar refractivity (Wildman–Crippen MR) is 107 cm³/mol. The number of hydrogen-bond donors (Lipinski definition) is 1. The molecule has 7 heteroatoms. The van der Waals surface area contributed by atoms with Crippen LogP contribution in [0.5, 0.6) is 0 Å². The zero-order valence-corrected chi connectivity index (χ0v) is 16.3. The van der Waals surface area contributed by atoms with Gasteiger partial charge < -0.3 is 4.98 Å². The molecule has 5 rings (SSSR count). The maximum Gasteiger partial charge on any atom is 0.253 e. The molecule has 0 spiro atoms. The first kappa shape index (κ1) is 17.6. The maximum absolute atomic E-state index is 13.1. The van der Waals surface area contributed by atoms with Crippen molar-refractivity contribution in [3.05, 3.63) is 51.6 Å². The number of fused-ring (bicyclic) bond motifs is 1. The van der Waals surface area contributed by atoms with E-state index in [2.05, 4.69) is 37.5 Å². The molecule has 7 nitrogen and oxygen atoms in total. The van der Waals surface area contributed by atoms with Crippen molar-refractivity contribution in [2.45, 2.75) is 57.5 Å². The summed E-state index contributed by atoms with van der Waals surface area (Å²) in [5.41, 5.74) is 2.71. The molecule has 3 aromatic rings. The van der Waals surface area contributed by atoms with Crippen molar-refractivity contribution in [1.29, 1.82) is 0 Å². The molecule has 1 saturated carbocycles. The van der Waals surface area contributed by atoms with Crippen LogP contribution < -0.4 is 5.56 Å². The summed E-state index contributed by atoms with van der Waals surface area (Å²) >= 11 is 0. The molecule has 0 bridgehead atoms. The number of aryl methyl sites for hydroxylation is 1. The lowest BCUT2D eigenvalue weighted by atomic mass is 10.0. The number of nitrogens with one attached hydrogen (secondary N) is 1. The molecule has 0 unspecified atom stereocenters. The molecule has 0 radical (unpaired) electrons. The lowest BCUT2D eigenvalue weighted by Crippen LogP contribution is -2.33. The zero-order chi connectivity index (χ0) is 19.1. The number of hydrogen-bond acceptors (Lipinski definition) is 5. The summed E-state index contributed by atoms with van der Waals surface area (Å²) in [5, 5.41) is 13.8. The van der Waals surface area contributed by atoms with Crippen molar-refractivity contribution in [2.75, 3.05) is 13.1 Å². The first-order valence-corrected chi connectivity index (χ1v) is 10.4. The number of H-pyrrole nitrogens is 1. The molecular formula is C21H26N6O. The van der Waals surface area contributed by atoms with E-state index < -0.39 is 0 Å². The fraction of sp³-hybridized carbons (Fsp3) is 0.524.